The van der Waals surface area contributed by atoms with E-state index in [0.717, 1.165) is 96.3 Å². The summed E-state index contributed by atoms with van der Waals surface area (Å²) >= 11 is 0. The van der Waals surface area contributed by atoms with Crippen molar-refractivity contribution >= 4 is 5.78 Å². The first-order valence-electron chi connectivity index (χ1n) is 20.0. The minimum Gasteiger partial charge on any atom is -0.507 e. The van der Waals surface area contributed by atoms with Gasteiger partial charge >= 0.3 is 0 Å². The van der Waals surface area contributed by atoms with Gasteiger partial charge in [0.25, 0.3) is 0 Å². The highest BCUT2D eigenvalue weighted by atomic mass is 16.6. The predicted octanol–water partition coefficient (Wildman–Crippen LogP) is 10.5. The van der Waals surface area contributed by atoms with Crippen molar-refractivity contribution in [3.05, 3.63) is 53.6 Å². The molecule has 0 bridgehead atoms. The number of aliphatic hydroxyl groups is 1. The van der Waals surface area contributed by atoms with Crippen LogP contribution in [0.1, 0.15) is 159 Å². The Labute approximate surface area is 301 Å². The Morgan fingerprint density at radius 2 is 1.62 bits per heavy atom. The van der Waals surface area contributed by atoms with Crippen LogP contribution in [-0.4, -0.2) is 45.0 Å². The molecule has 6 heteroatoms. The van der Waals surface area contributed by atoms with Gasteiger partial charge in [0, 0.05) is 36.5 Å². The molecule has 1 spiro atoms. The number of fused-ring (bicyclic) bond motifs is 5. The molecule has 3 N–H and O–H groups in total. The Morgan fingerprint density at radius 1 is 0.920 bits per heavy atom. The van der Waals surface area contributed by atoms with E-state index in [2.05, 4.69) is 71.1 Å². The second-order valence-corrected chi connectivity index (χ2v) is 17.2. The van der Waals surface area contributed by atoms with Crippen molar-refractivity contribution in [1.82, 2.24) is 0 Å². The highest BCUT2D eigenvalue weighted by Crippen LogP contribution is 2.77. The fraction of sp³-hybridized carbons (Fsp3) is 0.705. The van der Waals surface area contributed by atoms with Crippen LogP contribution in [0.5, 0.6) is 17.2 Å². The van der Waals surface area contributed by atoms with Gasteiger partial charge in [-0.25, -0.2) is 0 Å². The molecule has 1 aromatic carbocycles. The quantitative estimate of drug-likeness (QED) is 0.0692. The minimum absolute atomic E-state index is 0.00959. The first kappa shape index (κ1) is 37.2. The molecule has 1 saturated heterocycles. The van der Waals surface area contributed by atoms with Crippen LogP contribution >= 0.6 is 0 Å². The summed E-state index contributed by atoms with van der Waals surface area (Å²) < 4.78 is 14.0. The molecule has 5 aliphatic rings. The lowest BCUT2D eigenvalue weighted by atomic mass is 9.40. The smallest absolute Gasteiger partial charge is 0.170 e. The van der Waals surface area contributed by atoms with Crippen LogP contribution in [0.3, 0.4) is 0 Å². The summed E-state index contributed by atoms with van der Waals surface area (Å²) in [5, 5.41) is 33.5. The Bertz CT molecular complexity index is 1470. The molecule has 1 aromatic rings. The molecule has 0 unspecified atom stereocenters. The van der Waals surface area contributed by atoms with Gasteiger partial charge in [-0.1, -0.05) is 96.8 Å². The lowest BCUT2D eigenvalue weighted by Gasteiger charge is -2.64. The summed E-state index contributed by atoms with van der Waals surface area (Å²) in [5.74, 6) is 0.640. The number of carbonyl (C=O) groups is 1. The van der Waals surface area contributed by atoms with E-state index in [-0.39, 0.29) is 69.7 Å². The summed E-state index contributed by atoms with van der Waals surface area (Å²) in [4.78, 5) is 14.0. The average Bonchev–Trinajstić information content (AvgIpc) is 3.76. The van der Waals surface area contributed by atoms with Gasteiger partial charge in [-0.3, -0.25) is 4.79 Å². The zero-order valence-electron chi connectivity index (χ0n) is 31.5. The van der Waals surface area contributed by atoms with E-state index in [1.807, 2.05) is 0 Å². The number of unbranched alkanes of at least 4 members (excludes halogenated alkanes) is 5. The van der Waals surface area contributed by atoms with Crippen LogP contribution in [0, 0.1) is 28.6 Å². The maximum absolute atomic E-state index is 14.0. The normalized spacial score (nSPS) is 35.6. The van der Waals surface area contributed by atoms with E-state index >= 15 is 0 Å². The van der Waals surface area contributed by atoms with Gasteiger partial charge in [0.1, 0.15) is 40.1 Å². The van der Waals surface area contributed by atoms with Crippen molar-refractivity contribution in [2.24, 2.45) is 28.6 Å². The Morgan fingerprint density at radius 3 is 2.34 bits per heavy atom. The van der Waals surface area contributed by atoms with Crippen LogP contribution in [0.25, 0.3) is 0 Å². The lowest BCUT2D eigenvalue weighted by Crippen LogP contribution is -2.67. The minimum atomic E-state index is -0.708. The highest BCUT2D eigenvalue weighted by Gasteiger charge is 2.81. The van der Waals surface area contributed by atoms with Gasteiger partial charge in [-0.05, 0) is 93.3 Å². The molecule has 4 fully saturated rings. The third-order valence-corrected chi connectivity index (χ3v) is 14.0. The molecule has 0 amide bonds. The summed E-state index contributed by atoms with van der Waals surface area (Å²) in [5.41, 5.74) is -0.348. The fourth-order valence-corrected chi connectivity index (χ4v) is 11.3. The first-order chi connectivity index (χ1) is 24.0. The third kappa shape index (κ3) is 6.29. The number of epoxide rings is 1. The van der Waals surface area contributed by atoms with Gasteiger partial charge in [-0.15, -0.1) is 0 Å². The SMILES string of the molecule is CC/C=C/C/C=C/C/C=C/CCCCCCCC(=O)c1c(O)cc(O)c2c1O[C@@]13[C@@H]2C[C@@H]2[C@](C)(CO)CCC[C@@]2(C)[C@@H]1CC[C@@]1(C(C)C)O[C@@H]31. The predicted molar refractivity (Wildman–Crippen MR) is 200 cm³/mol. The molecule has 8 atom stereocenters. The maximum Gasteiger partial charge on any atom is 0.170 e. The topological polar surface area (TPSA) is 99.5 Å². The number of rotatable bonds is 16. The number of aliphatic hydroxyl groups excluding tert-OH is 1. The van der Waals surface area contributed by atoms with Crippen LogP contribution in [-0.2, 0) is 4.74 Å². The number of phenolic OH excluding ortho intramolecular Hbond substituents is 2. The van der Waals surface area contributed by atoms with E-state index in [1.165, 1.54) is 6.07 Å². The number of carbonyl (C=O) groups excluding carboxylic acids is 1. The van der Waals surface area contributed by atoms with Crippen molar-refractivity contribution in [1.29, 1.82) is 0 Å². The molecular weight excluding hydrogens is 624 g/mol. The fourth-order valence-electron chi connectivity index (χ4n) is 11.3. The molecule has 2 heterocycles. The zero-order valence-corrected chi connectivity index (χ0v) is 31.5. The molecule has 0 aromatic heterocycles. The third-order valence-electron chi connectivity index (χ3n) is 14.0. The number of benzene rings is 1. The average molecular weight is 689 g/mol. The largest absolute Gasteiger partial charge is 0.507 e. The summed E-state index contributed by atoms with van der Waals surface area (Å²) in [6.45, 7) is 11.4. The molecule has 3 saturated carbocycles. The van der Waals surface area contributed by atoms with Gasteiger partial charge < -0.3 is 24.8 Å². The Kier molecular flexibility index (Phi) is 11.0. The maximum atomic E-state index is 14.0. The molecular formula is C44H64O6. The van der Waals surface area contributed by atoms with Crippen molar-refractivity contribution in [3.8, 4) is 17.2 Å². The van der Waals surface area contributed by atoms with Crippen molar-refractivity contribution in [2.75, 3.05) is 6.61 Å². The van der Waals surface area contributed by atoms with Gasteiger partial charge in [0.05, 0.1) is 0 Å². The number of hydrogen-bond donors (Lipinski definition) is 3. The van der Waals surface area contributed by atoms with E-state index in [9.17, 15) is 20.1 Å². The van der Waals surface area contributed by atoms with Crippen LogP contribution in [0.2, 0.25) is 0 Å². The Hall–Kier alpha value is -2.57. The van der Waals surface area contributed by atoms with E-state index in [0.29, 0.717) is 23.7 Å². The van der Waals surface area contributed by atoms with Crippen LogP contribution < -0.4 is 4.74 Å². The number of Topliss-reactive ketones (excluding diaryl/α,β-unsaturated/α-hetero) is 1. The molecule has 6 rings (SSSR count). The molecule has 2 aliphatic heterocycles. The highest BCUT2D eigenvalue weighted by molar-refractivity contribution is 6.02. The number of ketones is 1. The number of ether oxygens (including phenoxy) is 2. The summed E-state index contributed by atoms with van der Waals surface area (Å²) in [6, 6.07) is 1.38. The number of phenols is 2. The van der Waals surface area contributed by atoms with E-state index in [1.54, 1.807) is 0 Å². The molecule has 3 aliphatic carbocycles. The van der Waals surface area contributed by atoms with Gasteiger partial charge in [-0.2, -0.15) is 0 Å². The van der Waals surface area contributed by atoms with E-state index < -0.39 is 5.60 Å². The molecule has 50 heavy (non-hydrogen) atoms. The monoisotopic (exact) mass is 688 g/mol. The molecule has 0 radical (unpaired) electrons. The number of hydrogen-bond acceptors (Lipinski definition) is 6. The number of aromatic hydroxyl groups is 2. The van der Waals surface area contributed by atoms with Crippen molar-refractivity contribution in [2.45, 2.75) is 161 Å². The molecule has 6 nitrogen and oxygen atoms in total. The van der Waals surface area contributed by atoms with Gasteiger partial charge in [0.2, 0.25) is 0 Å². The summed E-state index contributed by atoms with van der Waals surface area (Å²) in [6.07, 6.45) is 28.6. The summed E-state index contributed by atoms with van der Waals surface area (Å²) in [7, 11) is 0. The van der Waals surface area contributed by atoms with Crippen molar-refractivity contribution < 1.29 is 29.6 Å². The number of allylic oxidation sites excluding steroid dienone is 6. The second-order valence-electron chi connectivity index (χ2n) is 17.2. The van der Waals surface area contributed by atoms with Crippen molar-refractivity contribution in [3.63, 3.8) is 0 Å². The lowest BCUT2D eigenvalue weighted by molar-refractivity contribution is -0.190. The molecule has 276 valence electrons. The first-order valence-corrected chi connectivity index (χ1v) is 20.0. The van der Waals surface area contributed by atoms with Crippen LogP contribution in [0.4, 0.5) is 0 Å². The zero-order chi connectivity index (χ0) is 35.7. The van der Waals surface area contributed by atoms with Crippen LogP contribution in [0.15, 0.2) is 42.5 Å². The van der Waals surface area contributed by atoms with E-state index in [4.69, 9.17) is 9.47 Å². The standard InChI is InChI=1S/C44H64O6/c1-6-7-8-9-10-11-12-13-14-15-16-17-18-19-20-22-32(46)38-34(48)28-33(47)37-31-27-36-41(4,29-45)24-21-25-42(36,5)35-23-26-43(30(2)3)40(50-43)44(31,35)49-39(37)38/h7-8,10-11,13-14,28,30-31,35-36,40,45,47-48H,6,9,12,15-27,29H2,1-5H3/b8-7+,11-10+,14-13+/t31-,35+,36-,40-,41+,42+,43+,44+/m1/s1. The Balaban J connectivity index is 1.14. The second kappa shape index (κ2) is 14.8. The van der Waals surface area contributed by atoms with Gasteiger partial charge in [0.15, 0.2) is 5.78 Å².